The number of nitrogens with two attached hydrogens (primary N) is 1. The molecule has 2 nitrogen and oxygen atoms in total. The Labute approximate surface area is 110 Å². The quantitative estimate of drug-likeness (QED) is 0.801. The number of rotatable bonds is 2. The van der Waals surface area contributed by atoms with Gasteiger partial charge in [-0.3, -0.25) is 4.90 Å². The summed E-state index contributed by atoms with van der Waals surface area (Å²) in [6, 6.07) is 8.04. The second-order valence-electron chi connectivity index (χ2n) is 4.95. The van der Waals surface area contributed by atoms with E-state index in [1.54, 1.807) is 0 Å². The predicted octanol–water partition coefficient (Wildman–Crippen LogP) is 1.89. The number of nitrogens with zero attached hydrogens (tertiary/aromatic N) is 1. The highest BCUT2D eigenvalue weighted by Crippen LogP contribution is 2.14. The van der Waals surface area contributed by atoms with Gasteiger partial charge in [-0.05, 0) is 63.0 Å². The normalized spacial score (nSPS) is 17.2. The van der Waals surface area contributed by atoms with Crippen LogP contribution in [-0.2, 0) is 0 Å². The average Bonchev–Trinajstić information content (AvgIpc) is 2.42. The standard InChI is InChI=1S/C16H21N2/c1-14-4-6-15(7-5-14)3-2-10-18-11-8-16(13-17)9-12-18/h4-7,16H,1,8-13,17H2. The van der Waals surface area contributed by atoms with Crippen LogP contribution in [0.1, 0.15) is 24.0 Å². The van der Waals surface area contributed by atoms with Gasteiger partial charge in [-0.15, -0.1) is 0 Å². The predicted molar refractivity (Wildman–Crippen MR) is 76.0 cm³/mol. The molecule has 2 heteroatoms. The highest BCUT2D eigenvalue weighted by Gasteiger charge is 2.16. The molecule has 0 spiro atoms. The third kappa shape index (κ3) is 3.87. The van der Waals surface area contributed by atoms with E-state index in [-0.39, 0.29) is 0 Å². The van der Waals surface area contributed by atoms with Gasteiger partial charge in [-0.1, -0.05) is 24.0 Å². The summed E-state index contributed by atoms with van der Waals surface area (Å²) in [5.41, 5.74) is 7.79. The molecule has 0 aliphatic carbocycles. The van der Waals surface area contributed by atoms with E-state index in [0.29, 0.717) is 0 Å². The van der Waals surface area contributed by atoms with Crippen molar-refractivity contribution in [3.05, 3.63) is 42.3 Å². The summed E-state index contributed by atoms with van der Waals surface area (Å²) in [5.74, 6) is 7.17. The van der Waals surface area contributed by atoms with E-state index in [1.165, 1.54) is 12.8 Å². The van der Waals surface area contributed by atoms with Crippen molar-refractivity contribution in [2.45, 2.75) is 12.8 Å². The van der Waals surface area contributed by atoms with Crippen LogP contribution < -0.4 is 5.73 Å². The molecule has 95 valence electrons. The van der Waals surface area contributed by atoms with Crippen LogP contribution >= 0.6 is 0 Å². The van der Waals surface area contributed by atoms with E-state index in [4.69, 9.17) is 5.73 Å². The van der Waals surface area contributed by atoms with Crippen LogP contribution in [0, 0.1) is 24.7 Å². The van der Waals surface area contributed by atoms with E-state index in [0.717, 1.165) is 43.2 Å². The first-order chi connectivity index (χ1) is 8.78. The third-order valence-electron chi connectivity index (χ3n) is 3.53. The Balaban J connectivity index is 1.80. The minimum absolute atomic E-state index is 0.721. The van der Waals surface area contributed by atoms with Gasteiger partial charge in [0, 0.05) is 5.56 Å². The summed E-state index contributed by atoms with van der Waals surface area (Å²) < 4.78 is 0. The Kier molecular flexibility index (Phi) is 4.81. The van der Waals surface area contributed by atoms with Crippen molar-refractivity contribution in [2.24, 2.45) is 11.7 Å². The largest absolute Gasteiger partial charge is 0.330 e. The van der Waals surface area contributed by atoms with Gasteiger partial charge in [0.05, 0.1) is 6.54 Å². The molecular weight excluding hydrogens is 220 g/mol. The van der Waals surface area contributed by atoms with Gasteiger partial charge in [0.15, 0.2) is 0 Å². The molecule has 2 N–H and O–H groups in total. The average molecular weight is 241 g/mol. The van der Waals surface area contributed by atoms with Crippen molar-refractivity contribution in [2.75, 3.05) is 26.2 Å². The molecule has 0 amide bonds. The third-order valence-corrected chi connectivity index (χ3v) is 3.53. The molecule has 1 aromatic rings. The zero-order valence-electron chi connectivity index (χ0n) is 10.9. The summed E-state index contributed by atoms with van der Waals surface area (Å²) in [7, 11) is 0. The minimum Gasteiger partial charge on any atom is -0.330 e. The first-order valence-corrected chi connectivity index (χ1v) is 6.61. The molecule has 1 aliphatic heterocycles. The Hall–Kier alpha value is -1.30. The monoisotopic (exact) mass is 241 g/mol. The lowest BCUT2D eigenvalue weighted by Gasteiger charge is -2.29. The fourth-order valence-electron chi connectivity index (χ4n) is 2.22. The molecule has 18 heavy (non-hydrogen) atoms. The van der Waals surface area contributed by atoms with Crippen LogP contribution in [-0.4, -0.2) is 31.1 Å². The molecule has 0 atom stereocenters. The van der Waals surface area contributed by atoms with Gasteiger partial charge in [0.1, 0.15) is 0 Å². The number of hydrogen-bond donors (Lipinski definition) is 1. The molecule has 0 bridgehead atoms. The second-order valence-corrected chi connectivity index (χ2v) is 4.95. The topological polar surface area (TPSA) is 29.3 Å². The lowest BCUT2D eigenvalue weighted by Crippen LogP contribution is -2.36. The van der Waals surface area contributed by atoms with Crippen molar-refractivity contribution < 1.29 is 0 Å². The molecule has 1 aliphatic rings. The lowest BCUT2D eigenvalue weighted by molar-refractivity contribution is 0.207. The maximum Gasteiger partial charge on any atom is 0.0605 e. The van der Waals surface area contributed by atoms with Gasteiger partial charge < -0.3 is 5.73 Å². The van der Waals surface area contributed by atoms with Gasteiger partial charge in [0.2, 0.25) is 0 Å². The Morgan fingerprint density at radius 2 is 1.89 bits per heavy atom. The molecule has 1 aromatic carbocycles. The molecule has 0 unspecified atom stereocenters. The van der Waals surface area contributed by atoms with Crippen molar-refractivity contribution in [1.82, 2.24) is 4.90 Å². The fraction of sp³-hybridized carbons (Fsp3) is 0.438. The Morgan fingerprint density at radius 1 is 1.22 bits per heavy atom. The minimum atomic E-state index is 0.721. The van der Waals surface area contributed by atoms with Gasteiger partial charge in [-0.25, -0.2) is 0 Å². The van der Waals surface area contributed by atoms with Gasteiger partial charge >= 0.3 is 0 Å². The fourth-order valence-corrected chi connectivity index (χ4v) is 2.22. The zero-order chi connectivity index (χ0) is 12.8. The number of hydrogen-bond acceptors (Lipinski definition) is 2. The first kappa shape index (κ1) is 13.1. The van der Waals surface area contributed by atoms with Gasteiger partial charge in [0.25, 0.3) is 0 Å². The second kappa shape index (κ2) is 6.58. The van der Waals surface area contributed by atoms with E-state index >= 15 is 0 Å². The van der Waals surface area contributed by atoms with Crippen LogP contribution in [0.15, 0.2) is 24.3 Å². The van der Waals surface area contributed by atoms with Crippen LogP contribution in [0.4, 0.5) is 0 Å². The highest BCUT2D eigenvalue weighted by atomic mass is 15.1. The van der Waals surface area contributed by atoms with Crippen LogP contribution in [0.25, 0.3) is 0 Å². The number of benzene rings is 1. The maximum atomic E-state index is 5.69. The smallest absolute Gasteiger partial charge is 0.0605 e. The molecule has 0 aromatic heterocycles. The lowest BCUT2D eigenvalue weighted by atomic mass is 9.97. The molecular formula is C16H21N2. The van der Waals surface area contributed by atoms with E-state index in [1.807, 2.05) is 24.3 Å². The molecule has 1 heterocycles. The molecule has 2 rings (SSSR count). The van der Waals surface area contributed by atoms with Crippen LogP contribution in [0.3, 0.4) is 0 Å². The number of piperidine rings is 1. The number of likely N-dealkylation sites (tertiary alicyclic amines) is 1. The molecule has 0 saturated carbocycles. The van der Waals surface area contributed by atoms with Gasteiger partial charge in [-0.2, -0.15) is 0 Å². The Morgan fingerprint density at radius 3 is 2.50 bits per heavy atom. The van der Waals surface area contributed by atoms with Crippen LogP contribution in [0.5, 0.6) is 0 Å². The summed E-state index contributed by atoms with van der Waals surface area (Å²) in [6.07, 6.45) is 2.43. The zero-order valence-corrected chi connectivity index (χ0v) is 10.9. The SMILES string of the molecule is [CH2]c1ccc(C#CCN2CCC(CN)CC2)cc1. The van der Waals surface area contributed by atoms with E-state index in [9.17, 15) is 0 Å². The van der Waals surface area contributed by atoms with Crippen molar-refractivity contribution in [1.29, 1.82) is 0 Å². The van der Waals surface area contributed by atoms with Crippen molar-refractivity contribution >= 4 is 0 Å². The highest BCUT2D eigenvalue weighted by molar-refractivity contribution is 5.36. The maximum absolute atomic E-state index is 5.69. The van der Waals surface area contributed by atoms with E-state index < -0.39 is 0 Å². The van der Waals surface area contributed by atoms with Crippen molar-refractivity contribution in [3.63, 3.8) is 0 Å². The van der Waals surface area contributed by atoms with Crippen LogP contribution in [0.2, 0.25) is 0 Å². The summed E-state index contributed by atoms with van der Waals surface area (Å²) in [5, 5.41) is 0. The Bertz CT molecular complexity index is 417. The first-order valence-electron chi connectivity index (χ1n) is 6.61. The molecule has 1 radical (unpaired) electrons. The van der Waals surface area contributed by atoms with E-state index in [2.05, 4.69) is 23.7 Å². The summed E-state index contributed by atoms with van der Waals surface area (Å²) in [6.45, 7) is 7.83. The molecule has 1 saturated heterocycles. The van der Waals surface area contributed by atoms with Crippen molar-refractivity contribution in [3.8, 4) is 11.8 Å². The molecule has 1 fully saturated rings. The summed E-state index contributed by atoms with van der Waals surface area (Å²) in [4.78, 5) is 2.41. The summed E-state index contributed by atoms with van der Waals surface area (Å²) >= 11 is 0.